The summed E-state index contributed by atoms with van der Waals surface area (Å²) in [6, 6.07) is 3.38. The summed E-state index contributed by atoms with van der Waals surface area (Å²) < 4.78 is 0. The molecule has 1 aromatic heterocycles. The van der Waals surface area contributed by atoms with Crippen LogP contribution in [0.2, 0.25) is 0 Å². The van der Waals surface area contributed by atoms with E-state index in [-0.39, 0.29) is 0 Å². The van der Waals surface area contributed by atoms with Crippen LogP contribution in [0.3, 0.4) is 0 Å². The molecular weight excluding hydrogens is 260 g/mol. The van der Waals surface area contributed by atoms with Crippen LogP contribution in [0.15, 0.2) is 11.4 Å². The fraction of sp³-hybridized carbons (Fsp3) is 0.714. The van der Waals surface area contributed by atoms with Gasteiger partial charge in [-0.25, -0.2) is 0 Å². The predicted octanol–water partition coefficient (Wildman–Crippen LogP) is 3.14. The van der Waals surface area contributed by atoms with Crippen LogP contribution >= 0.6 is 23.1 Å². The Balaban J connectivity index is 2.16. The van der Waals surface area contributed by atoms with E-state index in [1.54, 1.807) is 0 Å². The highest BCUT2D eigenvalue weighted by molar-refractivity contribution is 7.99. The summed E-state index contributed by atoms with van der Waals surface area (Å²) >= 11 is 4.00. The Kier molecular flexibility index (Phi) is 5.55. The van der Waals surface area contributed by atoms with Crippen LogP contribution in [0.5, 0.6) is 0 Å². The van der Waals surface area contributed by atoms with Crippen LogP contribution in [0.25, 0.3) is 0 Å². The minimum atomic E-state index is 0.503. The second-order valence-electron chi connectivity index (χ2n) is 5.02. The lowest BCUT2D eigenvalue weighted by atomic mass is 10.0. The first-order chi connectivity index (χ1) is 8.74. The van der Waals surface area contributed by atoms with E-state index in [0.29, 0.717) is 12.1 Å². The lowest BCUT2D eigenvalue weighted by Crippen LogP contribution is -2.47. The molecule has 0 radical (unpaired) electrons. The number of nitrogens with one attached hydrogen (secondary N) is 1. The first-order valence-electron chi connectivity index (χ1n) is 6.79. The number of likely N-dealkylation sites (N-methyl/N-ethyl adjacent to an activating group) is 1. The van der Waals surface area contributed by atoms with Gasteiger partial charge in [0, 0.05) is 29.0 Å². The molecule has 0 spiro atoms. The molecule has 0 bridgehead atoms. The van der Waals surface area contributed by atoms with E-state index >= 15 is 0 Å². The highest BCUT2D eigenvalue weighted by Crippen LogP contribution is 2.31. The predicted molar refractivity (Wildman–Crippen MR) is 83.8 cm³/mol. The van der Waals surface area contributed by atoms with Gasteiger partial charge in [-0.2, -0.15) is 11.8 Å². The number of hydrogen-bond acceptors (Lipinski definition) is 4. The van der Waals surface area contributed by atoms with Crippen LogP contribution in [-0.2, 0) is 0 Å². The Hall–Kier alpha value is -0.0300. The standard InChI is InChI=1S/C14H24N2S2/c1-4-6-15-13(14-11(2)5-8-18-14)12-10-17-9-7-16(12)3/h5,8,12-13,15H,4,6-7,9-10H2,1-3H3. The maximum absolute atomic E-state index is 3.77. The highest BCUT2D eigenvalue weighted by atomic mass is 32.2. The summed E-state index contributed by atoms with van der Waals surface area (Å²) in [6.45, 7) is 6.80. The van der Waals surface area contributed by atoms with Crippen LogP contribution in [-0.4, -0.2) is 42.6 Å². The zero-order chi connectivity index (χ0) is 13.0. The van der Waals surface area contributed by atoms with Crippen molar-refractivity contribution in [2.75, 3.05) is 31.6 Å². The number of aryl methyl sites for hydroxylation is 1. The monoisotopic (exact) mass is 284 g/mol. The van der Waals surface area contributed by atoms with Crippen LogP contribution in [0.4, 0.5) is 0 Å². The molecule has 0 aromatic carbocycles. The molecule has 18 heavy (non-hydrogen) atoms. The molecule has 102 valence electrons. The lowest BCUT2D eigenvalue weighted by Gasteiger charge is -2.38. The smallest absolute Gasteiger partial charge is 0.0583 e. The second kappa shape index (κ2) is 6.94. The molecule has 1 aromatic rings. The number of hydrogen-bond donors (Lipinski definition) is 1. The molecule has 2 atom stereocenters. The summed E-state index contributed by atoms with van der Waals surface area (Å²) in [5, 5.41) is 5.99. The summed E-state index contributed by atoms with van der Waals surface area (Å²) in [7, 11) is 2.27. The first kappa shape index (κ1) is 14.4. The fourth-order valence-electron chi connectivity index (χ4n) is 2.46. The van der Waals surface area contributed by atoms with Crippen LogP contribution < -0.4 is 5.32 Å². The minimum absolute atomic E-state index is 0.503. The largest absolute Gasteiger partial charge is 0.308 e. The quantitative estimate of drug-likeness (QED) is 0.894. The van der Waals surface area contributed by atoms with E-state index in [2.05, 4.69) is 54.3 Å². The maximum atomic E-state index is 3.77. The number of rotatable bonds is 5. The molecule has 0 aliphatic carbocycles. The molecule has 2 nitrogen and oxygen atoms in total. The molecule has 2 rings (SSSR count). The number of thiophene rings is 1. The van der Waals surface area contributed by atoms with E-state index in [1.807, 2.05) is 11.3 Å². The first-order valence-corrected chi connectivity index (χ1v) is 8.82. The minimum Gasteiger partial charge on any atom is -0.308 e. The fourth-order valence-corrected chi connectivity index (χ4v) is 4.79. The van der Waals surface area contributed by atoms with Crippen molar-refractivity contribution in [1.82, 2.24) is 10.2 Å². The van der Waals surface area contributed by atoms with Gasteiger partial charge in [0.15, 0.2) is 0 Å². The Morgan fingerprint density at radius 2 is 2.39 bits per heavy atom. The molecule has 4 heteroatoms. The highest BCUT2D eigenvalue weighted by Gasteiger charge is 2.30. The molecule has 1 N–H and O–H groups in total. The normalized spacial score (nSPS) is 23.2. The van der Waals surface area contributed by atoms with E-state index in [0.717, 1.165) is 6.54 Å². The van der Waals surface area contributed by atoms with Crippen molar-refractivity contribution in [2.24, 2.45) is 0 Å². The molecule has 1 aliphatic rings. The van der Waals surface area contributed by atoms with Gasteiger partial charge in [0.1, 0.15) is 0 Å². The van der Waals surface area contributed by atoms with Crippen molar-refractivity contribution < 1.29 is 0 Å². The van der Waals surface area contributed by atoms with E-state index < -0.39 is 0 Å². The van der Waals surface area contributed by atoms with Gasteiger partial charge >= 0.3 is 0 Å². The van der Waals surface area contributed by atoms with Crippen molar-refractivity contribution in [3.05, 3.63) is 21.9 Å². The maximum Gasteiger partial charge on any atom is 0.0583 e. The van der Waals surface area contributed by atoms with Gasteiger partial charge in [-0.3, -0.25) is 4.90 Å². The zero-order valence-electron chi connectivity index (χ0n) is 11.6. The molecule has 1 saturated heterocycles. The Labute approximate surface area is 119 Å². The summed E-state index contributed by atoms with van der Waals surface area (Å²) in [5.41, 5.74) is 1.44. The molecule has 0 saturated carbocycles. The van der Waals surface area contributed by atoms with Crippen molar-refractivity contribution in [1.29, 1.82) is 0 Å². The van der Waals surface area contributed by atoms with Gasteiger partial charge in [-0.15, -0.1) is 11.3 Å². The van der Waals surface area contributed by atoms with E-state index in [1.165, 1.54) is 34.9 Å². The van der Waals surface area contributed by atoms with Gasteiger partial charge in [0.25, 0.3) is 0 Å². The average Bonchev–Trinajstić information content (AvgIpc) is 2.78. The molecule has 0 amide bonds. The third-order valence-corrected chi connectivity index (χ3v) is 5.78. The van der Waals surface area contributed by atoms with Crippen molar-refractivity contribution >= 4 is 23.1 Å². The molecule has 2 heterocycles. The molecule has 2 unspecified atom stereocenters. The zero-order valence-corrected chi connectivity index (χ0v) is 13.2. The van der Waals surface area contributed by atoms with E-state index in [9.17, 15) is 0 Å². The van der Waals surface area contributed by atoms with Gasteiger partial charge in [0.05, 0.1) is 6.04 Å². The Bertz CT molecular complexity index is 364. The summed E-state index contributed by atoms with van der Waals surface area (Å²) in [6.07, 6.45) is 1.20. The molecule has 1 fully saturated rings. The SMILES string of the molecule is CCCNC(c1sccc1C)C1CSCCN1C. The third-order valence-electron chi connectivity index (χ3n) is 3.63. The van der Waals surface area contributed by atoms with Gasteiger partial charge in [-0.05, 0) is 43.9 Å². The second-order valence-corrected chi connectivity index (χ2v) is 7.12. The van der Waals surface area contributed by atoms with Gasteiger partial charge in [-0.1, -0.05) is 6.92 Å². The number of nitrogens with zero attached hydrogens (tertiary/aromatic N) is 1. The molecule has 1 aliphatic heterocycles. The van der Waals surface area contributed by atoms with Gasteiger partial charge < -0.3 is 5.32 Å². The summed E-state index contributed by atoms with van der Waals surface area (Å²) in [5.74, 6) is 2.52. The van der Waals surface area contributed by atoms with Crippen LogP contribution in [0, 0.1) is 6.92 Å². The van der Waals surface area contributed by atoms with Gasteiger partial charge in [0.2, 0.25) is 0 Å². The van der Waals surface area contributed by atoms with Crippen molar-refractivity contribution in [2.45, 2.75) is 32.4 Å². The van der Waals surface area contributed by atoms with Crippen LogP contribution in [0.1, 0.15) is 29.8 Å². The number of thioether (sulfide) groups is 1. The summed E-state index contributed by atoms with van der Waals surface area (Å²) in [4.78, 5) is 4.06. The Morgan fingerprint density at radius 3 is 3.00 bits per heavy atom. The third kappa shape index (κ3) is 3.29. The molecular formula is C14H24N2S2. The lowest BCUT2D eigenvalue weighted by molar-refractivity contribution is 0.217. The Morgan fingerprint density at radius 1 is 1.56 bits per heavy atom. The topological polar surface area (TPSA) is 15.3 Å². The average molecular weight is 284 g/mol. The van der Waals surface area contributed by atoms with Crippen molar-refractivity contribution in [3.8, 4) is 0 Å². The van der Waals surface area contributed by atoms with Crippen molar-refractivity contribution in [3.63, 3.8) is 0 Å². The van der Waals surface area contributed by atoms with E-state index in [4.69, 9.17) is 0 Å².